The first-order chi connectivity index (χ1) is 10.7. The first-order valence-corrected chi connectivity index (χ1v) is 8.15. The zero-order chi connectivity index (χ0) is 15.5. The molecule has 1 atom stereocenters. The molecule has 2 aliphatic heterocycles. The summed E-state index contributed by atoms with van der Waals surface area (Å²) in [7, 11) is 0. The molecular weight excluding hydrogens is 282 g/mol. The number of amides is 2. The van der Waals surface area contributed by atoms with E-state index in [1.54, 1.807) is 6.92 Å². The Hall–Kier alpha value is -1.85. The lowest BCUT2D eigenvalue weighted by atomic mass is 9.98. The average molecular weight is 305 g/mol. The van der Waals surface area contributed by atoms with Gasteiger partial charge in [-0.3, -0.25) is 9.59 Å². The summed E-state index contributed by atoms with van der Waals surface area (Å²) in [5, 5.41) is 0. The third kappa shape index (κ3) is 3.00. The van der Waals surface area contributed by atoms with Crippen LogP contribution in [0.2, 0.25) is 0 Å². The second-order valence-corrected chi connectivity index (χ2v) is 6.18. The van der Waals surface area contributed by atoms with E-state index in [4.69, 9.17) is 4.42 Å². The Morgan fingerprint density at radius 2 is 2.23 bits per heavy atom. The van der Waals surface area contributed by atoms with E-state index in [0.29, 0.717) is 17.9 Å². The number of carbonyl (C=O) groups excluding carboxylic acids is 2. The molecule has 0 unspecified atom stereocenters. The molecule has 3 heterocycles. The van der Waals surface area contributed by atoms with E-state index in [9.17, 15) is 9.59 Å². The molecule has 6 heteroatoms. The molecule has 0 N–H and O–H groups in total. The fourth-order valence-electron chi connectivity index (χ4n) is 3.46. The van der Waals surface area contributed by atoms with E-state index >= 15 is 0 Å². The van der Waals surface area contributed by atoms with Crippen LogP contribution in [0.15, 0.2) is 10.8 Å². The van der Waals surface area contributed by atoms with Crippen molar-refractivity contribution in [1.29, 1.82) is 0 Å². The first kappa shape index (κ1) is 15.1. The normalized spacial score (nSPS) is 22.4. The summed E-state index contributed by atoms with van der Waals surface area (Å²) in [4.78, 5) is 32.3. The van der Waals surface area contributed by atoms with Crippen molar-refractivity contribution in [2.45, 2.75) is 51.5 Å². The van der Waals surface area contributed by atoms with Gasteiger partial charge in [-0.25, -0.2) is 4.98 Å². The molecule has 6 nitrogen and oxygen atoms in total. The van der Waals surface area contributed by atoms with Crippen molar-refractivity contribution in [3.05, 3.63) is 17.8 Å². The van der Waals surface area contributed by atoms with Gasteiger partial charge in [0.25, 0.3) is 5.91 Å². The predicted molar refractivity (Wildman–Crippen MR) is 80.3 cm³/mol. The highest BCUT2D eigenvalue weighted by Crippen LogP contribution is 2.23. The molecule has 2 amide bonds. The molecule has 1 aromatic rings. The fraction of sp³-hybridized carbons (Fsp3) is 0.688. The first-order valence-electron chi connectivity index (χ1n) is 8.15. The molecule has 0 saturated carbocycles. The summed E-state index contributed by atoms with van der Waals surface area (Å²) in [5.41, 5.74) is 0.421. The molecule has 2 saturated heterocycles. The molecule has 2 aliphatic rings. The van der Waals surface area contributed by atoms with Gasteiger partial charge in [-0.15, -0.1) is 0 Å². The van der Waals surface area contributed by atoms with Gasteiger partial charge in [-0.1, -0.05) is 0 Å². The van der Waals surface area contributed by atoms with Gasteiger partial charge in [0.1, 0.15) is 5.76 Å². The van der Waals surface area contributed by atoms with Gasteiger partial charge in [-0.2, -0.15) is 0 Å². The third-order valence-electron chi connectivity index (χ3n) is 4.74. The molecule has 2 fully saturated rings. The second kappa shape index (κ2) is 6.50. The van der Waals surface area contributed by atoms with Crippen LogP contribution in [0.4, 0.5) is 0 Å². The van der Waals surface area contributed by atoms with Crippen LogP contribution in [0.5, 0.6) is 0 Å². The van der Waals surface area contributed by atoms with Crippen molar-refractivity contribution in [3.63, 3.8) is 0 Å². The Morgan fingerprint density at radius 1 is 1.36 bits per heavy atom. The van der Waals surface area contributed by atoms with Crippen molar-refractivity contribution >= 4 is 11.8 Å². The number of piperidine rings is 1. The molecule has 120 valence electrons. The van der Waals surface area contributed by atoms with Crippen molar-refractivity contribution < 1.29 is 14.0 Å². The largest absolute Gasteiger partial charge is 0.448 e. The number of oxazole rings is 1. The molecular formula is C16H23N3O3. The Morgan fingerprint density at radius 3 is 2.91 bits per heavy atom. The topological polar surface area (TPSA) is 66.7 Å². The van der Waals surface area contributed by atoms with Crippen molar-refractivity contribution in [1.82, 2.24) is 14.8 Å². The van der Waals surface area contributed by atoms with Gasteiger partial charge in [0.2, 0.25) is 5.91 Å². The number of aryl methyl sites for hydroxylation is 1. The van der Waals surface area contributed by atoms with Crippen LogP contribution in [0.3, 0.4) is 0 Å². The summed E-state index contributed by atoms with van der Waals surface area (Å²) in [6.07, 6.45) is 6.99. The fourth-order valence-corrected chi connectivity index (χ4v) is 3.46. The Labute approximate surface area is 130 Å². The lowest BCUT2D eigenvalue weighted by Crippen LogP contribution is -2.45. The number of nitrogens with zero attached hydrogens (tertiary/aromatic N) is 3. The van der Waals surface area contributed by atoms with Gasteiger partial charge in [0.15, 0.2) is 12.1 Å². The van der Waals surface area contributed by atoms with E-state index in [1.165, 1.54) is 6.39 Å². The van der Waals surface area contributed by atoms with E-state index in [1.807, 2.05) is 9.80 Å². The maximum absolute atomic E-state index is 12.7. The Bertz CT molecular complexity index is 555. The van der Waals surface area contributed by atoms with Crippen LogP contribution in [0, 0.1) is 6.92 Å². The highest BCUT2D eigenvalue weighted by Gasteiger charge is 2.31. The maximum atomic E-state index is 12.7. The van der Waals surface area contributed by atoms with Gasteiger partial charge in [0, 0.05) is 32.1 Å². The van der Waals surface area contributed by atoms with Gasteiger partial charge < -0.3 is 14.2 Å². The third-order valence-corrected chi connectivity index (χ3v) is 4.74. The minimum Gasteiger partial charge on any atom is -0.448 e. The monoisotopic (exact) mass is 305 g/mol. The van der Waals surface area contributed by atoms with Crippen LogP contribution in [0.25, 0.3) is 0 Å². The maximum Gasteiger partial charge on any atom is 0.276 e. The van der Waals surface area contributed by atoms with Gasteiger partial charge in [-0.05, 0) is 39.0 Å². The minimum atomic E-state index is -0.0382. The molecule has 0 aromatic carbocycles. The van der Waals surface area contributed by atoms with E-state index in [-0.39, 0.29) is 17.9 Å². The van der Waals surface area contributed by atoms with Crippen molar-refractivity contribution in [3.8, 4) is 0 Å². The van der Waals surface area contributed by atoms with Gasteiger partial charge >= 0.3 is 0 Å². The second-order valence-electron chi connectivity index (χ2n) is 6.18. The smallest absolute Gasteiger partial charge is 0.276 e. The standard InChI is InChI=1S/C16H23N3O3/c1-12-15(17-11-22-12)16(21)19-9-3-2-5-13(19)7-10-18-8-4-6-14(18)20/h11,13H,2-10H2,1H3/t13-/m1/s1. The van der Waals surface area contributed by atoms with Crippen LogP contribution < -0.4 is 0 Å². The molecule has 22 heavy (non-hydrogen) atoms. The summed E-state index contributed by atoms with van der Waals surface area (Å²) in [6.45, 7) is 4.15. The zero-order valence-electron chi connectivity index (χ0n) is 13.1. The number of carbonyl (C=O) groups is 2. The Balaban J connectivity index is 1.64. The molecule has 1 aromatic heterocycles. The summed E-state index contributed by atoms with van der Waals surface area (Å²) in [5.74, 6) is 0.786. The number of likely N-dealkylation sites (tertiary alicyclic amines) is 2. The van der Waals surface area contributed by atoms with Crippen molar-refractivity contribution in [2.24, 2.45) is 0 Å². The highest BCUT2D eigenvalue weighted by molar-refractivity contribution is 5.93. The number of aromatic nitrogens is 1. The summed E-state index contributed by atoms with van der Waals surface area (Å²) >= 11 is 0. The lowest BCUT2D eigenvalue weighted by molar-refractivity contribution is -0.127. The van der Waals surface area contributed by atoms with Crippen LogP contribution >= 0.6 is 0 Å². The summed E-state index contributed by atoms with van der Waals surface area (Å²) in [6, 6.07) is 0.200. The molecule has 0 spiro atoms. The average Bonchev–Trinajstić information content (AvgIpc) is 3.13. The van der Waals surface area contributed by atoms with E-state index < -0.39 is 0 Å². The molecule has 0 radical (unpaired) electrons. The number of rotatable bonds is 4. The SMILES string of the molecule is Cc1ocnc1C(=O)N1CCCC[C@@H]1CCN1CCCC1=O. The van der Waals surface area contributed by atoms with Crippen LogP contribution in [-0.2, 0) is 4.79 Å². The van der Waals surface area contributed by atoms with E-state index in [0.717, 1.165) is 51.7 Å². The Kier molecular flexibility index (Phi) is 4.45. The minimum absolute atomic E-state index is 0.0382. The highest BCUT2D eigenvalue weighted by atomic mass is 16.3. The van der Waals surface area contributed by atoms with Gasteiger partial charge in [0.05, 0.1) is 0 Å². The van der Waals surface area contributed by atoms with E-state index in [2.05, 4.69) is 4.98 Å². The predicted octanol–water partition coefficient (Wildman–Crippen LogP) is 1.99. The lowest BCUT2D eigenvalue weighted by Gasteiger charge is -2.36. The van der Waals surface area contributed by atoms with Crippen molar-refractivity contribution in [2.75, 3.05) is 19.6 Å². The zero-order valence-corrected chi connectivity index (χ0v) is 13.1. The quantitative estimate of drug-likeness (QED) is 0.853. The summed E-state index contributed by atoms with van der Waals surface area (Å²) < 4.78 is 5.16. The van der Waals surface area contributed by atoms with Crippen LogP contribution in [0.1, 0.15) is 54.8 Å². The molecule has 0 bridgehead atoms. The van der Waals surface area contributed by atoms with Crippen LogP contribution in [-0.4, -0.2) is 52.3 Å². The molecule has 3 rings (SSSR count). The molecule has 0 aliphatic carbocycles. The number of hydrogen-bond acceptors (Lipinski definition) is 4. The number of hydrogen-bond donors (Lipinski definition) is 0.